The summed E-state index contributed by atoms with van der Waals surface area (Å²) in [7, 11) is 5.94. The minimum atomic E-state index is -0.102. The number of anilines is 1. The highest BCUT2D eigenvalue weighted by molar-refractivity contribution is 5.78. The maximum atomic E-state index is 13.3. The van der Waals surface area contributed by atoms with Crippen molar-refractivity contribution in [3.05, 3.63) is 24.3 Å². The minimum Gasteiger partial charge on any atom is -0.355 e. The van der Waals surface area contributed by atoms with Crippen molar-refractivity contribution in [1.29, 1.82) is 5.26 Å². The predicted molar refractivity (Wildman–Crippen MR) is 128 cm³/mol. The molecule has 0 aromatic carbocycles. The second kappa shape index (κ2) is 8.87. The Hall–Kier alpha value is -3.19. The molecule has 2 saturated heterocycles. The summed E-state index contributed by atoms with van der Waals surface area (Å²) in [5.74, 6) is 1.44. The van der Waals surface area contributed by atoms with Crippen LogP contribution in [-0.2, 0) is 7.05 Å². The van der Waals surface area contributed by atoms with E-state index in [1.54, 1.807) is 17.1 Å². The lowest BCUT2D eigenvalue weighted by Gasteiger charge is -2.44. The lowest BCUT2D eigenvalue weighted by Crippen LogP contribution is -2.55. The van der Waals surface area contributed by atoms with Crippen molar-refractivity contribution in [3.8, 4) is 17.3 Å². The Morgan fingerprint density at radius 1 is 1.24 bits per heavy atom. The van der Waals surface area contributed by atoms with Gasteiger partial charge < -0.3 is 19.6 Å². The normalized spacial score (nSPS) is 20.0. The van der Waals surface area contributed by atoms with Crippen LogP contribution in [0.5, 0.6) is 0 Å². The topological polar surface area (TPSA) is 97.4 Å². The van der Waals surface area contributed by atoms with Crippen LogP contribution >= 0.6 is 0 Å². The van der Waals surface area contributed by atoms with E-state index < -0.39 is 0 Å². The van der Waals surface area contributed by atoms with Gasteiger partial charge in [-0.2, -0.15) is 10.4 Å². The van der Waals surface area contributed by atoms with Gasteiger partial charge in [-0.05, 0) is 45.7 Å². The number of hydrogen-bond donors (Lipinski definition) is 0. The second-order valence-electron chi connectivity index (χ2n) is 10.2. The number of nitrogens with zero attached hydrogens (tertiary/aromatic N) is 9. The molecule has 1 aliphatic carbocycles. The molecular weight excluding hydrogens is 430 g/mol. The van der Waals surface area contributed by atoms with E-state index in [1.165, 1.54) is 12.8 Å². The first-order chi connectivity index (χ1) is 16.4. The molecule has 1 spiro atoms. The lowest BCUT2D eigenvalue weighted by atomic mass is 9.86. The number of rotatable bonds is 7. The molecule has 2 aromatic heterocycles. The number of urea groups is 1. The van der Waals surface area contributed by atoms with Gasteiger partial charge in [0.05, 0.1) is 17.9 Å². The van der Waals surface area contributed by atoms with Crippen molar-refractivity contribution in [2.24, 2.45) is 13.0 Å². The van der Waals surface area contributed by atoms with Crippen LogP contribution in [0.15, 0.2) is 18.6 Å². The van der Waals surface area contributed by atoms with Gasteiger partial charge in [-0.25, -0.2) is 14.8 Å². The average molecular weight is 464 g/mol. The molecule has 0 N–H and O–H groups in total. The van der Waals surface area contributed by atoms with Gasteiger partial charge in [-0.3, -0.25) is 4.68 Å². The maximum absolute atomic E-state index is 13.3. The highest BCUT2D eigenvalue weighted by Crippen LogP contribution is 2.41. The SMILES string of the molecule is CN(C)CCN1CC2(CCN(c3cnc(C#N)c(-c4cnn(C)c4)n3)CC2)N(CC2CC2)C1=O. The lowest BCUT2D eigenvalue weighted by molar-refractivity contribution is 0.127. The third kappa shape index (κ3) is 4.32. The standard InChI is InChI=1S/C24H33N9O/c1-29(2)10-11-32-17-24(33(23(32)34)15-18-4-5-18)6-8-31(9-7-24)21-14-26-20(12-25)22(28-21)19-13-27-30(3)16-19/h13-14,16,18H,4-11,15,17H2,1-3H3. The van der Waals surface area contributed by atoms with E-state index >= 15 is 0 Å². The minimum absolute atomic E-state index is 0.102. The average Bonchev–Trinajstić information content (AvgIpc) is 3.50. The summed E-state index contributed by atoms with van der Waals surface area (Å²) in [6.07, 6.45) is 9.55. The third-order valence-electron chi connectivity index (χ3n) is 7.38. The van der Waals surface area contributed by atoms with E-state index in [-0.39, 0.29) is 11.6 Å². The molecule has 0 atom stereocenters. The first-order valence-electron chi connectivity index (χ1n) is 12.1. The summed E-state index contributed by atoms with van der Waals surface area (Å²) in [4.78, 5) is 31.2. The molecule has 3 aliphatic rings. The van der Waals surface area contributed by atoms with Crippen LogP contribution in [0.2, 0.25) is 0 Å². The highest BCUT2D eigenvalue weighted by atomic mass is 16.2. The molecule has 10 heteroatoms. The zero-order valence-electron chi connectivity index (χ0n) is 20.3. The number of nitriles is 1. The molecule has 2 amide bonds. The van der Waals surface area contributed by atoms with E-state index in [1.807, 2.05) is 13.2 Å². The molecule has 5 rings (SSSR count). The molecule has 10 nitrogen and oxygen atoms in total. The number of hydrogen-bond acceptors (Lipinski definition) is 7. The van der Waals surface area contributed by atoms with Crippen molar-refractivity contribution < 1.29 is 4.79 Å². The Labute approximate surface area is 200 Å². The Kier molecular flexibility index (Phi) is 5.90. The molecule has 3 fully saturated rings. The fourth-order valence-electron chi connectivity index (χ4n) is 5.15. The van der Waals surface area contributed by atoms with Crippen molar-refractivity contribution in [3.63, 3.8) is 0 Å². The van der Waals surface area contributed by atoms with Crippen LogP contribution in [0.25, 0.3) is 11.3 Å². The fraction of sp³-hybridized carbons (Fsp3) is 0.625. The Morgan fingerprint density at radius 3 is 2.62 bits per heavy atom. The number of likely N-dealkylation sites (N-methyl/N-ethyl adjacent to an activating group) is 1. The van der Waals surface area contributed by atoms with Crippen LogP contribution < -0.4 is 4.90 Å². The summed E-state index contributed by atoms with van der Waals surface area (Å²) in [6, 6.07) is 2.36. The van der Waals surface area contributed by atoms with Gasteiger partial charge in [0, 0.05) is 58.1 Å². The van der Waals surface area contributed by atoms with E-state index in [9.17, 15) is 10.1 Å². The van der Waals surface area contributed by atoms with Gasteiger partial charge in [0.15, 0.2) is 5.69 Å². The fourth-order valence-corrected chi connectivity index (χ4v) is 5.15. The van der Waals surface area contributed by atoms with Crippen molar-refractivity contribution in [1.82, 2.24) is 34.4 Å². The molecular formula is C24H33N9O. The van der Waals surface area contributed by atoms with Crippen LogP contribution in [0, 0.1) is 17.2 Å². The molecule has 34 heavy (non-hydrogen) atoms. The summed E-state index contributed by atoms with van der Waals surface area (Å²) >= 11 is 0. The van der Waals surface area contributed by atoms with Crippen LogP contribution in [0.3, 0.4) is 0 Å². The third-order valence-corrected chi connectivity index (χ3v) is 7.38. The number of aryl methyl sites for hydroxylation is 1. The van der Waals surface area contributed by atoms with E-state index in [4.69, 9.17) is 4.98 Å². The largest absolute Gasteiger partial charge is 0.355 e. The molecule has 4 heterocycles. The molecule has 2 aromatic rings. The van der Waals surface area contributed by atoms with Crippen LogP contribution in [-0.4, -0.2) is 99.4 Å². The maximum Gasteiger partial charge on any atom is 0.320 e. The van der Waals surface area contributed by atoms with Crippen molar-refractivity contribution >= 4 is 11.8 Å². The smallest absolute Gasteiger partial charge is 0.320 e. The molecule has 1 saturated carbocycles. The summed E-state index contributed by atoms with van der Waals surface area (Å²) in [5.41, 5.74) is 1.55. The summed E-state index contributed by atoms with van der Waals surface area (Å²) in [6.45, 7) is 4.96. The number of carbonyl (C=O) groups excluding carboxylic acids is 1. The van der Waals surface area contributed by atoms with Gasteiger partial charge >= 0.3 is 6.03 Å². The monoisotopic (exact) mass is 463 g/mol. The van der Waals surface area contributed by atoms with E-state index in [0.29, 0.717) is 17.3 Å². The predicted octanol–water partition coefficient (Wildman–Crippen LogP) is 1.80. The molecule has 0 unspecified atom stereocenters. The van der Waals surface area contributed by atoms with Gasteiger partial charge in [0.1, 0.15) is 17.6 Å². The van der Waals surface area contributed by atoms with Crippen LogP contribution in [0.1, 0.15) is 31.4 Å². The van der Waals surface area contributed by atoms with Gasteiger partial charge in [0.25, 0.3) is 0 Å². The van der Waals surface area contributed by atoms with Gasteiger partial charge in [0.2, 0.25) is 0 Å². The van der Waals surface area contributed by atoms with Crippen molar-refractivity contribution in [2.75, 3.05) is 58.3 Å². The number of piperidine rings is 1. The highest BCUT2D eigenvalue weighted by Gasteiger charge is 2.51. The van der Waals surface area contributed by atoms with Gasteiger partial charge in [-0.15, -0.1) is 0 Å². The van der Waals surface area contributed by atoms with Crippen LogP contribution in [0.4, 0.5) is 10.6 Å². The zero-order valence-corrected chi connectivity index (χ0v) is 20.3. The first kappa shape index (κ1) is 22.6. The number of aromatic nitrogens is 4. The Bertz CT molecular complexity index is 1090. The zero-order chi connectivity index (χ0) is 23.9. The number of amides is 2. The summed E-state index contributed by atoms with van der Waals surface area (Å²) < 4.78 is 1.70. The molecule has 0 bridgehead atoms. The van der Waals surface area contributed by atoms with E-state index in [0.717, 1.165) is 63.5 Å². The molecule has 180 valence electrons. The summed E-state index contributed by atoms with van der Waals surface area (Å²) in [5, 5.41) is 13.7. The first-order valence-corrected chi connectivity index (χ1v) is 12.1. The van der Waals surface area contributed by atoms with E-state index in [2.05, 4.69) is 49.8 Å². The number of carbonyl (C=O) groups is 1. The van der Waals surface area contributed by atoms with Crippen molar-refractivity contribution in [2.45, 2.75) is 31.2 Å². The Balaban J connectivity index is 1.34. The molecule has 2 aliphatic heterocycles. The quantitative estimate of drug-likeness (QED) is 0.618. The van der Waals surface area contributed by atoms with Gasteiger partial charge in [-0.1, -0.05) is 0 Å². The Morgan fingerprint density at radius 2 is 2.00 bits per heavy atom. The second-order valence-corrected chi connectivity index (χ2v) is 10.2. The molecule has 0 radical (unpaired) electrons.